The van der Waals surface area contributed by atoms with Crippen molar-refractivity contribution in [2.45, 2.75) is 13.0 Å². The number of amides is 2. The molecule has 118 valence electrons. The molecule has 0 radical (unpaired) electrons. The number of hydrogen-bond donors (Lipinski definition) is 3. The molecule has 5 heteroatoms. The fraction of sp³-hybridized carbons (Fsp3) is 0.167. The van der Waals surface area contributed by atoms with E-state index in [1.807, 2.05) is 73.3 Å². The third kappa shape index (κ3) is 3.35. The van der Waals surface area contributed by atoms with E-state index >= 15 is 0 Å². The average Bonchev–Trinajstić information content (AvgIpc) is 2.88. The fourth-order valence-corrected chi connectivity index (χ4v) is 2.55. The van der Waals surface area contributed by atoms with Crippen LogP contribution in [0.4, 0.5) is 16.2 Å². The van der Waals surface area contributed by atoms with Crippen LogP contribution in [0, 0.1) is 0 Å². The molecule has 0 bridgehead atoms. The molecule has 0 aliphatic heterocycles. The van der Waals surface area contributed by atoms with Crippen LogP contribution in [-0.2, 0) is 7.05 Å². The lowest BCUT2D eigenvalue weighted by atomic mass is 10.1. The van der Waals surface area contributed by atoms with Crippen molar-refractivity contribution >= 4 is 28.3 Å². The smallest absolute Gasteiger partial charge is 0.323 e. The van der Waals surface area contributed by atoms with Crippen molar-refractivity contribution in [2.75, 3.05) is 10.6 Å². The zero-order valence-electron chi connectivity index (χ0n) is 13.2. The Morgan fingerprint density at radius 3 is 2.57 bits per heavy atom. The second kappa shape index (κ2) is 6.14. The molecule has 23 heavy (non-hydrogen) atoms. The predicted octanol–water partition coefficient (Wildman–Crippen LogP) is 3.84. The molecule has 2 amide bonds. The Kier molecular flexibility index (Phi) is 4.04. The van der Waals surface area contributed by atoms with Crippen LogP contribution in [0.5, 0.6) is 0 Å². The number of hydrogen-bond acceptors (Lipinski definition) is 2. The van der Waals surface area contributed by atoms with Gasteiger partial charge in [-0.2, -0.15) is 0 Å². The van der Waals surface area contributed by atoms with E-state index in [-0.39, 0.29) is 12.1 Å². The van der Waals surface area contributed by atoms with Gasteiger partial charge in [0.05, 0.1) is 0 Å². The minimum Gasteiger partial charge on any atom is -0.351 e. The Bertz CT molecular complexity index is 851. The molecule has 3 rings (SSSR count). The SMILES string of the molecule is CC(N)c1cccc(NC(=O)Nc2ccc3c(ccn3C)c2)c1. The molecule has 2 aromatic carbocycles. The number of nitrogens with two attached hydrogens (primary N) is 1. The molecule has 0 spiro atoms. The summed E-state index contributed by atoms with van der Waals surface area (Å²) < 4.78 is 2.04. The minimum atomic E-state index is -0.276. The summed E-state index contributed by atoms with van der Waals surface area (Å²) in [6.07, 6.45) is 1.99. The van der Waals surface area contributed by atoms with E-state index in [0.717, 1.165) is 27.8 Å². The number of nitrogens with one attached hydrogen (secondary N) is 2. The lowest BCUT2D eigenvalue weighted by Gasteiger charge is -2.11. The first kappa shape index (κ1) is 15.1. The molecule has 5 nitrogen and oxygen atoms in total. The lowest BCUT2D eigenvalue weighted by Crippen LogP contribution is -2.19. The summed E-state index contributed by atoms with van der Waals surface area (Å²) in [5.74, 6) is 0. The van der Waals surface area contributed by atoms with Gasteiger partial charge in [-0.25, -0.2) is 4.79 Å². The van der Waals surface area contributed by atoms with Crippen molar-refractivity contribution in [3.8, 4) is 0 Å². The van der Waals surface area contributed by atoms with Gasteiger partial charge in [0.1, 0.15) is 0 Å². The van der Waals surface area contributed by atoms with Crippen LogP contribution in [-0.4, -0.2) is 10.6 Å². The van der Waals surface area contributed by atoms with Crippen LogP contribution in [0.25, 0.3) is 10.9 Å². The van der Waals surface area contributed by atoms with Gasteiger partial charge in [0.25, 0.3) is 0 Å². The van der Waals surface area contributed by atoms with E-state index in [1.54, 1.807) is 0 Å². The second-order valence-corrected chi connectivity index (χ2v) is 5.69. The van der Waals surface area contributed by atoms with Crippen LogP contribution >= 0.6 is 0 Å². The molecule has 0 fully saturated rings. The fourth-order valence-electron chi connectivity index (χ4n) is 2.55. The Morgan fingerprint density at radius 1 is 1.09 bits per heavy atom. The molecule has 0 aliphatic carbocycles. The number of aryl methyl sites for hydroxylation is 1. The molecule has 4 N–H and O–H groups in total. The van der Waals surface area contributed by atoms with Crippen molar-refractivity contribution in [3.05, 3.63) is 60.3 Å². The maximum absolute atomic E-state index is 12.1. The van der Waals surface area contributed by atoms with Crippen LogP contribution in [0.2, 0.25) is 0 Å². The van der Waals surface area contributed by atoms with Gasteiger partial charge in [0.2, 0.25) is 0 Å². The Morgan fingerprint density at radius 2 is 1.83 bits per heavy atom. The van der Waals surface area contributed by atoms with E-state index in [1.165, 1.54) is 0 Å². The molecule has 1 aromatic heterocycles. The Labute approximate surface area is 135 Å². The number of anilines is 2. The number of fused-ring (bicyclic) bond motifs is 1. The molecule has 1 atom stereocenters. The van der Waals surface area contributed by atoms with E-state index in [0.29, 0.717) is 0 Å². The topological polar surface area (TPSA) is 72.1 Å². The number of urea groups is 1. The predicted molar refractivity (Wildman–Crippen MR) is 94.6 cm³/mol. The summed E-state index contributed by atoms with van der Waals surface area (Å²) in [7, 11) is 1.99. The molecule has 3 aromatic rings. The van der Waals surface area contributed by atoms with Crippen LogP contribution in [0.1, 0.15) is 18.5 Å². The van der Waals surface area contributed by atoms with Crippen LogP contribution in [0.15, 0.2) is 54.7 Å². The van der Waals surface area contributed by atoms with Gasteiger partial charge < -0.3 is 20.9 Å². The Hall–Kier alpha value is -2.79. The number of nitrogens with zero attached hydrogens (tertiary/aromatic N) is 1. The van der Waals surface area contributed by atoms with E-state index in [4.69, 9.17) is 5.73 Å². The van der Waals surface area contributed by atoms with Crippen molar-refractivity contribution in [1.29, 1.82) is 0 Å². The van der Waals surface area contributed by atoms with Gasteiger partial charge in [-0.15, -0.1) is 0 Å². The molecule has 0 saturated heterocycles. The molecular formula is C18H20N4O. The van der Waals surface area contributed by atoms with Gasteiger partial charge in [-0.3, -0.25) is 0 Å². The first-order chi connectivity index (χ1) is 11.0. The van der Waals surface area contributed by atoms with Crippen LogP contribution in [0.3, 0.4) is 0 Å². The number of aromatic nitrogens is 1. The van der Waals surface area contributed by atoms with E-state index < -0.39 is 0 Å². The number of carbonyl (C=O) groups excluding carboxylic acids is 1. The lowest BCUT2D eigenvalue weighted by molar-refractivity contribution is 0.262. The molecule has 0 aliphatic rings. The second-order valence-electron chi connectivity index (χ2n) is 5.69. The maximum Gasteiger partial charge on any atom is 0.323 e. The molecule has 1 unspecified atom stereocenters. The quantitative estimate of drug-likeness (QED) is 0.688. The highest BCUT2D eigenvalue weighted by molar-refractivity contribution is 6.01. The summed E-state index contributed by atoms with van der Waals surface area (Å²) in [6, 6.07) is 15.0. The van der Waals surface area contributed by atoms with Crippen molar-refractivity contribution < 1.29 is 4.79 Å². The first-order valence-corrected chi connectivity index (χ1v) is 7.51. The van der Waals surface area contributed by atoms with Gasteiger partial charge >= 0.3 is 6.03 Å². The Balaban J connectivity index is 1.72. The highest BCUT2D eigenvalue weighted by atomic mass is 16.2. The molecule has 0 saturated carbocycles. The number of rotatable bonds is 3. The third-order valence-corrected chi connectivity index (χ3v) is 3.81. The third-order valence-electron chi connectivity index (χ3n) is 3.81. The summed E-state index contributed by atoms with van der Waals surface area (Å²) in [4.78, 5) is 12.1. The summed E-state index contributed by atoms with van der Waals surface area (Å²) in [5, 5.41) is 6.77. The average molecular weight is 308 g/mol. The van der Waals surface area contributed by atoms with Gasteiger partial charge in [-0.1, -0.05) is 12.1 Å². The van der Waals surface area contributed by atoms with Crippen molar-refractivity contribution in [1.82, 2.24) is 4.57 Å². The first-order valence-electron chi connectivity index (χ1n) is 7.51. The summed E-state index contributed by atoms with van der Waals surface area (Å²) in [5.41, 5.74) is 9.44. The van der Waals surface area contributed by atoms with Crippen LogP contribution < -0.4 is 16.4 Å². The summed E-state index contributed by atoms with van der Waals surface area (Å²) in [6.45, 7) is 1.91. The highest BCUT2D eigenvalue weighted by Crippen LogP contribution is 2.20. The van der Waals surface area contributed by atoms with E-state index in [2.05, 4.69) is 10.6 Å². The summed E-state index contributed by atoms with van der Waals surface area (Å²) >= 11 is 0. The largest absolute Gasteiger partial charge is 0.351 e. The highest BCUT2D eigenvalue weighted by Gasteiger charge is 2.06. The van der Waals surface area contributed by atoms with Crippen molar-refractivity contribution in [2.24, 2.45) is 12.8 Å². The maximum atomic E-state index is 12.1. The standard InChI is InChI=1S/C18H20N4O/c1-12(19)13-4-3-5-15(10-13)20-18(23)21-16-6-7-17-14(11-16)8-9-22(17)2/h3-12H,19H2,1-2H3,(H2,20,21,23). The molecular weight excluding hydrogens is 288 g/mol. The zero-order chi connectivity index (χ0) is 16.4. The number of benzene rings is 2. The van der Waals surface area contributed by atoms with Gasteiger partial charge in [0, 0.05) is 41.6 Å². The normalized spacial score (nSPS) is 12.1. The van der Waals surface area contributed by atoms with Crippen molar-refractivity contribution in [3.63, 3.8) is 0 Å². The van der Waals surface area contributed by atoms with Gasteiger partial charge in [0.15, 0.2) is 0 Å². The zero-order valence-corrected chi connectivity index (χ0v) is 13.2. The van der Waals surface area contributed by atoms with Gasteiger partial charge in [-0.05, 0) is 48.9 Å². The number of carbonyl (C=O) groups is 1. The molecule has 1 heterocycles. The monoisotopic (exact) mass is 308 g/mol. The van der Waals surface area contributed by atoms with E-state index in [9.17, 15) is 4.79 Å². The minimum absolute atomic E-state index is 0.0692.